The summed E-state index contributed by atoms with van der Waals surface area (Å²) in [4.78, 5) is 17.7. The first-order valence-corrected chi connectivity index (χ1v) is 10.5. The fourth-order valence-electron chi connectivity index (χ4n) is 0.540. The maximum absolute atomic E-state index is 8.84. The molecule has 0 heterocycles. The molecule has 24 heavy (non-hydrogen) atoms. The summed E-state index contributed by atoms with van der Waals surface area (Å²) in [6.07, 6.45) is 6.18. The van der Waals surface area contributed by atoms with Gasteiger partial charge < -0.3 is 27.9 Å². The molecule has 0 aliphatic heterocycles. The molecule has 0 fully saturated rings. The van der Waals surface area contributed by atoms with E-state index in [1.54, 1.807) is 24.3 Å². The van der Waals surface area contributed by atoms with E-state index in [2.05, 4.69) is 26.3 Å². The SMILES string of the molecule is C=CCOP(O)OCC=C.C=CCOP(O)OCC=C.[O]=[Ti]([OH])[OH]. The molecule has 0 bridgehead atoms. The van der Waals surface area contributed by atoms with E-state index in [4.69, 9.17) is 38.6 Å². The second-order valence-corrected chi connectivity index (χ2v) is 5.96. The summed E-state index contributed by atoms with van der Waals surface area (Å²) in [5, 5.41) is 0. The van der Waals surface area contributed by atoms with Crippen molar-refractivity contribution in [3.63, 3.8) is 0 Å². The van der Waals surface area contributed by atoms with Gasteiger partial charge in [-0.15, -0.1) is 26.3 Å². The molecule has 0 saturated heterocycles. The van der Waals surface area contributed by atoms with Gasteiger partial charge in [-0.25, -0.2) is 0 Å². The quantitative estimate of drug-likeness (QED) is 0.212. The number of hydrogen-bond acceptors (Lipinski definition) is 7. The first kappa shape index (κ1) is 28.8. The van der Waals surface area contributed by atoms with Crippen molar-refractivity contribution in [1.82, 2.24) is 0 Å². The Morgan fingerprint density at radius 2 is 0.875 bits per heavy atom. The third kappa shape index (κ3) is 37.9. The Morgan fingerprint density at radius 1 is 0.708 bits per heavy atom. The van der Waals surface area contributed by atoms with Crippen LogP contribution in [-0.4, -0.2) is 43.6 Å². The van der Waals surface area contributed by atoms with Gasteiger partial charge in [-0.1, -0.05) is 24.3 Å². The van der Waals surface area contributed by atoms with Gasteiger partial charge in [-0.2, -0.15) is 0 Å². The molecule has 0 aromatic carbocycles. The van der Waals surface area contributed by atoms with E-state index < -0.39 is 35.8 Å². The predicted molar refractivity (Wildman–Crippen MR) is 88.0 cm³/mol. The second kappa shape index (κ2) is 25.3. The predicted octanol–water partition coefficient (Wildman–Crippen LogP) is 1.99. The van der Waals surface area contributed by atoms with Crippen molar-refractivity contribution in [2.75, 3.05) is 26.4 Å². The minimum atomic E-state index is -3.58. The standard InChI is InChI=1S/2C6H11O3P.2H2O.O.Ti/c2*1-3-5-8-10(7)9-6-4-2;;;;/h2*3-4,7H,1-2,5-6H2;2*1H2;;/q;;;;;+2/p-2. The fraction of sp³-hybridized carbons (Fsp3) is 0.333. The van der Waals surface area contributed by atoms with Crippen molar-refractivity contribution < 1.29 is 57.2 Å². The van der Waals surface area contributed by atoms with Crippen LogP contribution in [-0.2, 0) is 40.0 Å². The molecule has 0 amide bonds. The molecular formula is C12H24O9P2Ti. The number of hydrogen-bond donors (Lipinski definition) is 4. The Bertz CT molecular complexity index is 290. The molecule has 0 saturated carbocycles. The van der Waals surface area contributed by atoms with Crippen molar-refractivity contribution in [3.8, 4) is 0 Å². The molecule has 0 radical (unpaired) electrons. The molecule has 0 atom stereocenters. The fourth-order valence-corrected chi connectivity index (χ4v) is 1.62. The molecule has 0 unspecified atom stereocenters. The molecule has 12 heteroatoms. The third-order valence-electron chi connectivity index (χ3n) is 1.21. The zero-order valence-electron chi connectivity index (χ0n) is 13.2. The van der Waals surface area contributed by atoms with E-state index in [1.165, 1.54) is 0 Å². The van der Waals surface area contributed by atoms with E-state index in [0.29, 0.717) is 26.4 Å². The maximum atomic E-state index is 8.84. The van der Waals surface area contributed by atoms with Crippen LogP contribution in [0.15, 0.2) is 50.6 Å². The summed E-state index contributed by atoms with van der Waals surface area (Å²) in [7, 11) is -3.47. The zero-order valence-corrected chi connectivity index (χ0v) is 16.5. The van der Waals surface area contributed by atoms with Crippen molar-refractivity contribution in [2.45, 2.75) is 0 Å². The van der Waals surface area contributed by atoms with Crippen LogP contribution in [0, 0.1) is 0 Å². The van der Waals surface area contributed by atoms with Crippen LogP contribution in [0.5, 0.6) is 0 Å². The molecule has 9 nitrogen and oxygen atoms in total. The summed E-state index contributed by atoms with van der Waals surface area (Å²) in [5.41, 5.74) is 0. The van der Waals surface area contributed by atoms with Gasteiger partial charge in [0.15, 0.2) is 0 Å². The van der Waals surface area contributed by atoms with Crippen LogP contribution >= 0.6 is 17.2 Å². The van der Waals surface area contributed by atoms with E-state index >= 15 is 0 Å². The van der Waals surface area contributed by atoms with Crippen molar-refractivity contribution in [1.29, 1.82) is 0 Å². The molecule has 0 aliphatic rings. The van der Waals surface area contributed by atoms with Gasteiger partial charge in [0, 0.05) is 0 Å². The van der Waals surface area contributed by atoms with Gasteiger partial charge in [0.1, 0.15) is 0 Å². The molecule has 0 aromatic heterocycles. The molecule has 0 aromatic rings. The first-order valence-electron chi connectivity index (χ1n) is 6.20. The van der Waals surface area contributed by atoms with Crippen LogP contribution < -0.4 is 0 Å². The van der Waals surface area contributed by atoms with Crippen LogP contribution in [0.25, 0.3) is 0 Å². The molecule has 0 aliphatic carbocycles. The summed E-state index contributed by atoms with van der Waals surface area (Å²) >= 11 is -3.58. The van der Waals surface area contributed by atoms with Gasteiger partial charge in [0.2, 0.25) is 0 Å². The average Bonchev–Trinajstić information content (AvgIpc) is 2.54. The minimum absolute atomic E-state index is 0.305. The Labute approximate surface area is 151 Å². The third-order valence-corrected chi connectivity index (χ3v) is 2.69. The first-order chi connectivity index (χ1) is 11.3. The van der Waals surface area contributed by atoms with Crippen LogP contribution in [0.3, 0.4) is 0 Å². The van der Waals surface area contributed by atoms with Crippen molar-refractivity contribution in [2.24, 2.45) is 0 Å². The Morgan fingerprint density at radius 3 is 1.00 bits per heavy atom. The summed E-state index contributed by atoms with van der Waals surface area (Å²) < 4.78 is 42.2. The van der Waals surface area contributed by atoms with E-state index in [1.807, 2.05) is 0 Å². The van der Waals surface area contributed by atoms with Gasteiger partial charge in [0.25, 0.3) is 0 Å². The van der Waals surface area contributed by atoms with Crippen molar-refractivity contribution >= 4 is 17.2 Å². The second-order valence-electron chi connectivity index (χ2n) is 3.10. The van der Waals surface area contributed by atoms with Gasteiger partial charge >= 0.3 is 46.5 Å². The summed E-state index contributed by atoms with van der Waals surface area (Å²) in [6.45, 7) is 14.9. The normalized spacial score (nSPS) is 9.25. The van der Waals surface area contributed by atoms with Crippen molar-refractivity contribution in [3.05, 3.63) is 50.6 Å². The molecule has 140 valence electrons. The topological polar surface area (TPSA) is 135 Å². The summed E-state index contributed by atoms with van der Waals surface area (Å²) in [5.74, 6) is 0. The van der Waals surface area contributed by atoms with E-state index in [-0.39, 0.29) is 0 Å². The summed E-state index contributed by atoms with van der Waals surface area (Å²) in [6, 6.07) is 0. The van der Waals surface area contributed by atoms with Crippen LogP contribution in [0.1, 0.15) is 0 Å². The van der Waals surface area contributed by atoms with Gasteiger partial charge in [-0.3, -0.25) is 0 Å². The number of rotatable bonds is 12. The van der Waals surface area contributed by atoms with Crippen LogP contribution in [0.4, 0.5) is 0 Å². The van der Waals surface area contributed by atoms with Crippen LogP contribution in [0.2, 0.25) is 0 Å². The molecule has 0 spiro atoms. The zero-order chi connectivity index (χ0) is 19.2. The van der Waals surface area contributed by atoms with Gasteiger partial charge in [-0.05, 0) is 0 Å². The molecular weight excluding hydrogens is 398 g/mol. The van der Waals surface area contributed by atoms with E-state index in [9.17, 15) is 0 Å². The monoisotopic (exact) mass is 422 g/mol. The molecule has 4 N–H and O–H groups in total. The Balaban J connectivity index is -0.000000301. The van der Waals surface area contributed by atoms with Gasteiger partial charge in [0.05, 0.1) is 26.4 Å². The molecule has 0 rings (SSSR count). The van der Waals surface area contributed by atoms with E-state index in [0.717, 1.165) is 0 Å². The average molecular weight is 422 g/mol. The Kier molecular flexibility index (Phi) is 30.3. The Hall–Kier alpha value is 0.0143.